The van der Waals surface area contributed by atoms with Crippen LogP contribution in [0, 0.1) is 0 Å². The van der Waals surface area contributed by atoms with Crippen LogP contribution >= 0.6 is 23.6 Å². The average Bonchev–Trinajstić information content (AvgIpc) is 3.53. The number of thiocarbonyl (C=S) groups is 1. The van der Waals surface area contributed by atoms with Gasteiger partial charge in [-0.25, -0.2) is 4.98 Å². The molecule has 0 saturated carbocycles. The Morgan fingerprint density at radius 2 is 1.83 bits per heavy atom. The van der Waals surface area contributed by atoms with E-state index < -0.39 is 0 Å². The number of thiazole rings is 1. The number of amides is 1. The van der Waals surface area contributed by atoms with Crippen LogP contribution in [0.3, 0.4) is 0 Å². The molecule has 1 unspecified atom stereocenters. The lowest BCUT2D eigenvalue weighted by atomic mass is 9.98. The maximum Gasteiger partial charge on any atom is 0.271 e. The summed E-state index contributed by atoms with van der Waals surface area (Å²) in [6.45, 7) is 1.76. The van der Waals surface area contributed by atoms with Gasteiger partial charge in [0.25, 0.3) is 5.91 Å². The minimum Gasteiger partial charge on any atom is -0.378 e. The highest BCUT2D eigenvalue weighted by Gasteiger charge is 2.27. The van der Waals surface area contributed by atoms with Crippen LogP contribution < -0.4 is 15.5 Å². The van der Waals surface area contributed by atoms with E-state index in [1.165, 1.54) is 11.1 Å². The Kier molecular flexibility index (Phi) is 7.02. The lowest BCUT2D eigenvalue weighted by Gasteiger charge is -2.33. The van der Waals surface area contributed by atoms with Gasteiger partial charge in [-0.05, 0) is 73.3 Å². The molecule has 2 aromatic carbocycles. The SMILES string of the molecule is CN(C)c1ccc(NC(=S)N2CCC(c3nc(C(=O)NC4CCc5ccccc54)cs3)CC2)cc1. The molecule has 2 N–H and O–H groups in total. The second-order valence-corrected chi connectivity index (χ2v) is 10.7. The molecule has 3 aromatic rings. The van der Waals surface area contributed by atoms with Gasteiger partial charge in [-0.3, -0.25) is 4.79 Å². The fraction of sp³-hybridized carbons (Fsp3) is 0.370. The Bertz CT molecular complexity index is 1200. The van der Waals surface area contributed by atoms with Crippen molar-refractivity contribution in [3.8, 4) is 0 Å². The van der Waals surface area contributed by atoms with Crippen LogP contribution in [0.4, 0.5) is 11.4 Å². The molecule has 2 heterocycles. The minimum atomic E-state index is -0.0719. The first-order valence-electron chi connectivity index (χ1n) is 12.2. The summed E-state index contributed by atoms with van der Waals surface area (Å²) in [6, 6.07) is 16.7. The van der Waals surface area contributed by atoms with Crippen LogP contribution in [0.2, 0.25) is 0 Å². The zero-order valence-corrected chi connectivity index (χ0v) is 21.8. The number of aromatic nitrogens is 1. The van der Waals surface area contributed by atoms with E-state index in [9.17, 15) is 4.79 Å². The Labute approximate surface area is 216 Å². The number of fused-ring (bicyclic) bond motifs is 1. The summed E-state index contributed by atoms with van der Waals surface area (Å²) < 4.78 is 0. The van der Waals surface area contributed by atoms with Gasteiger partial charge in [0.05, 0.1) is 11.0 Å². The number of rotatable bonds is 5. The third kappa shape index (κ3) is 5.33. The molecule has 1 amide bonds. The molecule has 0 radical (unpaired) electrons. The number of carbonyl (C=O) groups is 1. The smallest absolute Gasteiger partial charge is 0.271 e. The van der Waals surface area contributed by atoms with Crippen molar-refractivity contribution < 1.29 is 4.79 Å². The summed E-state index contributed by atoms with van der Waals surface area (Å²) in [7, 11) is 4.06. The van der Waals surface area contributed by atoms with Gasteiger partial charge in [0, 0.05) is 49.9 Å². The van der Waals surface area contributed by atoms with E-state index in [-0.39, 0.29) is 11.9 Å². The molecule has 1 fully saturated rings. The lowest BCUT2D eigenvalue weighted by molar-refractivity contribution is 0.0932. The van der Waals surface area contributed by atoms with Crippen molar-refractivity contribution in [3.05, 3.63) is 75.7 Å². The first-order chi connectivity index (χ1) is 17.0. The van der Waals surface area contributed by atoms with Gasteiger partial charge < -0.3 is 20.4 Å². The number of anilines is 2. The number of benzene rings is 2. The van der Waals surface area contributed by atoms with Crippen LogP contribution in [0.15, 0.2) is 53.9 Å². The maximum absolute atomic E-state index is 12.9. The van der Waals surface area contributed by atoms with E-state index in [0.717, 1.165) is 60.3 Å². The molecule has 35 heavy (non-hydrogen) atoms. The zero-order valence-electron chi connectivity index (χ0n) is 20.2. The molecule has 6 nitrogen and oxygen atoms in total. The van der Waals surface area contributed by atoms with Crippen LogP contribution in [0.5, 0.6) is 0 Å². The van der Waals surface area contributed by atoms with Crippen molar-refractivity contribution in [1.82, 2.24) is 15.2 Å². The van der Waals surface area contributed by atoms with E-state index >= 15 is 0 Å². The molecule has 1 atom stereocenters. The number of piperidine rings is 1. The largest absolute Gasteiger partial charge is 0.378 e. The third-order valence-electron chi connectivity index (χ3n) is 6.96. The van der Waals surface area contributed by atoms with E-state index in [0.29, 0.717) is 11.6 Å². The topological polar surface area (TPSA) is 60.5 Å². The van der Waals surface area contributed by atoms with Gasteiger partial charge in [0.1, 0.15) is 5.69 Å². The Balaban J connectivity index is 1.13. The molecular weight excluding hydrogens is 474 g/mol. The van der Waals surface area contributed by atoms with Gasteiger partial charge >= 0.3 is 0 Å². The Morgan fingerprint density at radius 3 is 2.57 bits per heavy atom. The lowest BCUT2D eigenvalue weighted by Crippen LogP contribution is -2.40. The van der Waals surface area contributed by atoms with Crippen molar-refractivity contribution in [3.63, 3.8) is 0 Å². The molecule has 182 valence electrons. The second-order valence-electron chi connectivity index (χ2n) is 9.47. The predicted octanol–water partition coefficient (Wildman–Crippen LogP) is 5.20. The fourth-order valence-electron chi connectivity index (χ4n) is 4.89. The first kappa shape index (κ1) is 23.8. The highest BCUT2D eigenvalue weighted by Crippen LogP contribution is 2.33. The summed E-state index contributed by atoms with van der Waals surface area (Å²) in [5.74, 6) is 0.296. The van der Waals surface area contributed by atoms with Crippen LogP contribution in [0.1, 0.15) is 57.8 Å². The zero-order chi connectivity index (χ0) is 24.4. The van der Waals surface area contributed by atoms with Gasteiger partial charge in [0.15, 0.2) is 5.11 Å². The Morgan fingerprint density at radius 1 is 1.09 bits per heavy atom. The van der Waals surface area contributed by atoms with E-state index in [1.807, 2.05) is 25.5 Å². The van der Waals surface area contributed by atoms with Crippen molar-refractivity contribution in [2.24, 2.45) is 0 Å². The number of hydrogen-bond acceptors (Lipinski definition) is 5. The predicted molar refractivity (Wildman–Crippen MR) is 148 cm³/mol. The maximum atomic E-state index is 12.9. The number of nitrogens with zero attached hydrogens (tertiary/aromatic N) is 3. The van der Waals surface area contributed by atoms with Gasteiger partial charge in [-0.2, -0.15) is 0 Å². The normalized spacial score (nSPS) is 17.7. The molecule has 1 aliphatic carbocycles. The number of carbonyl (C=O) groups excluding carboxylic acids is 1. The van der Waals surface area contributed by atoms with E-state index in [1.54, 1.807) is 11.3 Å². The number of likely N-dealkylation sites (tertiary alicyclic amines) is 1. The monoisotopic (exact) mass is 505 g/mol. The van der Waals surface area contributed by atoms with Crippen molar-refractivity contribution in [1.29, 1.82) is 0 Å². The van der Waals surface area contributed by atoms with Gasteiger partial charge in [-0.1, -0.05) is 24.3 Å². The highest BCUT2D eigenvalue weighted by molar-refractivity contribution is 7.80. The number of aryl methyl sites for hydroxylation is 1. The quantitative estimate of drug-likeness (QED) is 0.465. The standard InChI is InChI=1S/C27H31N5OS2/c1-31(2)21-10-8-20(9-11-21)28-27(34)32-15-13-19(14-16-32)26-30-24(17-35-26)25(33)29-23-12-7-18-5-3-4-6-22(18)23/h3-6,8-11,17,19,23H,7,12-16H2,1-2H3,(H,28,34)(H,29,33). The van der Waals surface area contributed by atoms with Crippen molar-refractivity contribution in [2.75, 3.05) is 37.4 Å². The molecule has 8 heteroatoms. The van der Waals surface area contributed by atoms with Crippen molar-refractivity contribution >= 4 is 45.9 Å². The molecular formula is C27H31N5OS2. The number of hydrogen-bond donors (Lipinski definition) is 2. The van der Waals surface area contributed by atoms with Crippen LogP contribution in [-0.2, 0) is 6.42 Å². The molecule has 0 bridgehead atoms. The molecule has 1 aromatic heterocycles. The molecule has 1 saturated heterocycles. The molecule has 5 rings (SSSR count). The molecule has 0 spiro atoms. The van der Waals surface area contributed by atoms with Crippen LogP contribution in [-0.4, -0.2) is 48.1 Å². The van der Waals surface area contributed by atoms with E-state index in [2.05, 4.69) is 62.9 Å². The summed E-state index contributed by atoms with van der Waals surface area (Å²) in [5, 5.41) is 10.3. The fourth-order valence-corrected chi connectivity index (χ4v) is 6.17. The first-order valence-corrected chi connectivity index (χ1v) is 13.4. The summed E-state index contributed by atoms with van der Waals surface area (Å²) >= 11 is 7.27. The summed E-state index contributed by atoms with van der Waals surface area (Å²) in [6.07, 6.45) is 3.92. The molecule has 2 aliphatic rings. The van der Waals surface area contributed by atoms with Crippen molar-refractivity contribution in [2.45, 2.75) is 37.6 Å². The molecule has 1 aliphatic heterocycles. The Hall–Kier alpha value is -2.97. The minimum absolute atomic E-state index is 0.0719. The van der Waals surface area contributed by atoms with Gasteiger partial charge in [0.2, 0.25) is 0 Å². The second kappa shape index (κ2) is 10.3. The number of nitrogens with one attached hydrogen (secondary N) is 2. The summed E-state index contributed by atoms with van der Waals surface area (Å²) in [4.78, 5) is 21.9. The average molecular weight is 506 g/mol. The van der Waals surface area contributed by atoms with E-state index in [4.69, 9.17) is 17.2 Å². The summed E-state index contributed by atoms with van der Waals surface area (Å²) in [5.41, 5.74) is 5.27. The third-order valence-corrected chi connectivity index (χ3v) is 8.33. The van der Waals surface area contributed by atoms with Gasteiger partial charge in [-0.15, -0.1) is 11.3 Å². The highest BCUT2D eigenvalue weighted by atomic mass is 32.1. The van der Waals surface area contributed by atoms with Crippen LogP contribution in [0.25, 0.3) is 0 Å².